The quantitative estimate of drug-likeness (QED) is 0.795. The molecule has 27 heavy (non-hydrogen) atoms. The number of anilines is 2. The number of aromatic nitrogens is 2. The van der Waals surface area contributed by atoms with Gasteiger partial charge in [-0.3, -0.25) is 9.21 Å². The number of carbonyl (C=O) groups excluding carboxylic acids is 1. The van der Waals surface area contributed by atoms with E-state index in [2.05, 4.69) is 25.1 Å². The molecule has 1 aromatic carbocycles. The third-order valence-electron chi connectivity index (χ3n) is 4.66. The van der Waals surface area contributed by atoms with Crippen LogP contribution in [0.5, 0.6) is 0 Å². The zero-order valence-corrected chi connectivity index (χ0v) is 15.7. The second-order valence-corrected chi connectivity index (χ2v) is 7.56. The predicted octanol–water partition coefficient (Wildman–Crippen LogP) is 2.68. The summed E-state index contributed by atoms with van der Waals surface area (Å²) in [4.78, 5) is 26.1. The topological polar surface area (TPSA) is 64.6 Å². The smallest absolute Gasteiger partial charge is 0.332 e. The first-order valence-corrected chi connectivity index (χ1v) is 9.77. The highest BCUT2D eigenvalue weighted by molar-refractivity contribution is 7.97. The summed E-state index contributed by atoms with van der Waals surface area (Å²) in [5, 5.41) is 2.81. The molecule has 2 amide bonds. The van der Waals surface area contributed by atoms with E-state index in [0.29, 0.717) is 12.2 Å². The zero-order chi connectivity index (χ0) is 18.6. The number of nitrogens with zero attached hydrogens (tertiary/aromatic N) is 5. The summed E-state index contributed by atoms with van der Waals surface area (Å²) in [6.45, 7) is 5.24. The van der Waals surface area contributed by atoms with Crippen LogP contribution < -0.4 is 10.2 Å². The van der Waals surface area contributed by atoms with Crippen molar-refractivity contribution < 1.29 is 9.18 Å². The third-order valence-corrected chi connectivity index (χ3v) is 5.77. The van der Waals surface area contributed by atoms with Gasteiger partial charge in [0.2, 0.25) is 5.95 Å². The van der Waals surface area contributed by atoms with Gasteiger partial charge in [-0.2, -0.15) is 0 Å². The van der Waals surface area contributed by atoms with Crippen LogP contribution in [0.3, 0.4) is 0 Å². The minimum atomic E-state index is -0.294. The van der Waals surface area contributed by atoms with Gasteiger partial charge in [0.05, 0.1) is 10.6 Å². The van der Waals surface area contributed by atoms with Crippen molar-refractivity contribution in [2.75, 3.05) is 49.5 Å². The summed E-state index contributed by atoms with van der Waals surface area (Å²) >= 11 is 1.30. The van der Waals surface area contributed by atoms with E-state index in [1.807, 2.05) is 6.07 Å². The molecule has 2 aliphatic rings. The lowest BCUT2D eigenvalue weighted by Gasteiger charge is -2.35. The fourth-order valence-electron chi connectivity index (χ4n) is 3.22. The van der Waals surface area contributed by atoms with Crippen LogP contribution in [0.1, 0.15) is 6.42 Å². The van der Waals surface area contributed by atoms with Crippen LogP contribution in [0.15, 0.2) is 41.6 Å². The Kier molecular flexibility index (Phi) is 5.40. The Morgan fingerprint density at radius 2 is 1.89 bits per heavy atom. The van der Waals surface area contributed by atoms with Gasteiger partial charge in [0, 0.05) is 51.7 Å². The Morgan fingerprint density at radius 1 is 1.11 bits per heavy atom. The SMILES string of the molecule is O=C1Nc2ccc(F)cc2SN1CCCN1CCN(c2ncccn2)CC1. The highest BCUT2D eigenvalue weighted by Gasteiger charge is 2.24. The molecule has 1 saturated heterocycles. The van der Waals surface area contributed by atoms with Crippen molar-refractivity contribution in [1.82, 2.24) is 19.2 Å². The first kappa shape index (κ1) is 18.0. The molecule has 4 rings (SSSR count). The van der Waals surface area contributed by atoms with E-state index in [4.69, 9.17) is 0 Å². The molecule has 2 aliphatic heterocycles. The van der Waals surface area contributed by atoms with Crippen LogP contribution in [-0.4, -0.2) is 64.5 Å². The number of amides is 2. The molecular weight excluding hydrogens is 367 g/mol. The van der Waals surface area contributed by atoms with E-state index in [-0.39, 0.29) is 11.8 Å². The summed E-state index contributed by atoms with van der Waals surface area (Å²) in [6, 6.07) is 6.09. The number of hydrogen-bond donors (Lipinski definition) is 1. The van der Waals surface area contributed by atoms with Crippen molar-refractivity contribution in [3.63, 3.8) is 0 Å². The molecule has 3 heterocycles. The molecule has 0 saturated carbocycles. The maximum Gasteiger partial charge on any atom is 0.332 e. The number of hydrogen-bond acceptors (Lipinski definition) is 6. The molecule has 9 heteroatoms. The monoisotopic (exact) mass is 388 g/mol. The van der Waals surface area contributed by atoms with Gasteiger partial charge in [-0.05, 0) is 42.6 Å². The van der Waals surface area contributed by atoms with Gasteiger partial charge < -0.3 is 10.2 Å². The predicted molar refractivity (Wildman–Crippen MR) is 103 cm³/mol. The second kappa shape index (κ2) is 8.10. The molecule has 2 aromatic rings. The highest BCUT2D eigenvalue weighted by Crippen LogP contribution is 2.35. The first-order valence-electron chi connectivity index (χ1n) is 8.99. The van der Waals surface area contributed by atoms with Crippen LogP contribution in [0, 0.1) is 5.82 Å². The number of halogens is 1. The summed E-state index contributed by atoms with van der Waals surface area (Å²) in [5.41, 5.74) is 0.668. The molecule has 1 fully saturated rings. The number of urea groups is 1. The van der Waals surface area contributed by atoms with Crippen molar-refractivity contribution in [3.8, 4) is 0 Å². The number of carbonyl (C=O) groups is 1. The molecule has 1 aromatic heterocycles. The second-order valence-electron chi connectivity index (χ2n) is 6.50. The minimum absolute atomic E-state index is 0.148. The van der Waals surface area contributed by atoms with Crippen LogP contribution in [0.2, 0.25) is 0 Å². The lowest BCUT2D eigenvalue weighted by atomic mass is 10.3. The Balaban J connectivity index is 1.23. The van der Waals surface area contributed by atoms with Gasteiger partial charge >= 0.3 is 6.03 Å². The molecule has 0 atom stereocenters. The van der Waals surface area contributed by atoms with Gasteiger partial charge in [-0.1, -0.05) is 0 Å². The van der Waals surface area contributed by atoms with Gasteiger partial charge in [0.15, 0.2) is 0 Å². The van der Waals surface area contributed by atoms with Crippen molar-refractivity contribution in [1.29, 1.82) is 0 Å². The van der Waals surface area contributed by atoms with Crippen LogP contribution in [0.4, 0.5) is 20.8 Å². The van der Waals surface area contributed by atoms with E-state index in [9.17, 15) is 9.18 Å². The van der Waals surface area contributed by atoms with Crippen molar-refractivity contribution in [3.05, 3.63) is 42.5 Å². The molecule has 0 radical (unpaired) electrons. The molecule has 7 nitrogen and oxygen atoms in total. The van der Waals surface area contributed by atoms with Gasteiger partial charge in [0.25, 0.3) is 0 Å². The highest BCUT2D eigenvalue weighted by atomic mass is 32.2. The molecular formula is C18H21FN6OS. The Bertz CT molecular complexity index is 800. The van der Waals surface area contributed by atoms with Gasteiger partial charge in [-0.15, -0.1) is 0 Å². The summed E-state index contributed by atoms with van der Waals surface area (Å²) in [5.74, 6) is 0.488. The van der Waals surface area contributed by atoms with Crippen LogP contribution in [0.25, 0.3) is 0 Å². The van der Waals surface area contributed by atoms with Gasteiger partial charge in [0.1, 0.15) is 5.82 Å². The Labute approximate surface area is 161 Å². The minimum Gasteiger partial charge on any atom is -0.338 e. The largest absolute Gasteiger partial charge is 0.338 e. The van der Waals surface area contributed by atoms with Crippen molar-refractivity contribution in [2.45, 2.75) is 11.3 Å². The summed E-state index contributed by atoms with van der Waals surface area (Å²) in [6.07, 6.45) is 4.40. The maximum atomic E-state index is 13.4. The Hall–Kier alpha value is -2.39. The van der Waals surface area contributed by atoms with Crippen molar-refractivity contribution >= 4 is 29.6 Å². The number of nitrogens with one attached hydrogen (secondary N) is 1. The van der Waals surface area contributed by atoms with E-state index in [1.54, 1.807) is 22.8 Å². The molecule has 142 valence electrons. The van der Waals surface area contributed by atoms with Crippen LogP contribution in [-0.2, 0) is 0 Å². The Morgan fingerprint density at radius 3 is 2.67 bits per heavy atom. The van der Waals surface area contributed by atoms with E-state index < -0.39 is 0 Å². The average molecular weight is 388 g/mol. The van der Waals surface area contributed by atoms with E-state index >= 15 is 0 Å². The molecule has 0 unspecified atom stereocenters. The standard InChI is InChI=1S/C18H21FN6OS/c19-14-3-4-15-16(13-14)27-25(18(26)22-15)8-2-7-23-9-11-24(12-10-23)17-20-5-1-6-21-17/h1,3-6,13H,2,7-12H2,(H,22,26). The maximum absolute atomic E-state index is 13.4. The number of piperazine rings is 1. The van der Waals surface area contributed by atoms with Gasteiger partial charge in [-0.25, -0.2) is 19.2 Å². The molecule has 0 aliphatic carbocycles. The number of fused-ring (bicyclic) bond motifs is 1. The van der Waals surface area contributed by atoms with Crippen molar-refractivity contribution in [2.24, 2.45) is 0 Å². The average Bonchev–Trinajstić information content (AvgIpc) is 2.70. The lowest BCUT2D eigenvalue weighted by molar-refractivity contribution is 0.228. The summed E-state index contributed by atoms with van der Waals surface area (Å²) in [7, 11) is 0. The fourth-order valence-corrected chi connectivity index (χ4v) is 4.19. The van der Waals surface area contributed by atoms with E-state index in [1.165, 1.54) is 24.1 Å². The number of rotatable bonds is 5. The number of benzene rings is 1. The lowest BCUT2D eigenvalue weighted by Crippen LogP contribution is -2.47. The molecule has 0 bridgehead atoms. The summed E-state index contributed by atoms with van der Waals surface area (Å²) < 4.78 is 15.1. The zero-order valence-electron chi connectivity index (χ0n) is 14.8. The third kappa shape index (κ3) is 4.30. The first-order chi connectivity index (χ1) is 13.2. The fraction of sp³-hybridized carbons (Fsp3) is 0.389. The molecule has 1 N–H and O–H groups in total. The molecule has 0 spiro atoms. The normalized spacial score (nSPS) is 17.6. The van der Waals surface area contributed by atoms with Crippen LogP contribution >= 0.6 is 11.9 Å². The van der Waals surface area contributed by atoms with E-state index in [0.717, 1.165) is 50.0 Å².